The molecule has 5 heteroatoms. The maximum absolute atomic E-state index is 13.2. The topological polar surface area (TPSA) is 38.0 Å². The summed E-state index contributed by atoms with van der Waals surface area (Å²) in [6.07, 6.45) is 1.34. The Bertz CT molecular complexity index is 598. The van der Waals surface area contributed by atoms with Crippen molar-refractivity contribution in [2.75, 3.05) is 6.61 Å². The Morgan fingerprint density at radius 3 is 2.70 bits per heavy atom. The number of hydrogen-bond donors (Lipinski definition) is 1. The summed E-state index contributed by atoms with van der Waals surface area (Å²) in [7, 11) is 1.89. The van der Waals surface area contributed by atoms with E-state index in [-0.39, 0.29) is 18.3 Å². The number of aliphatic hydroxyl groups excluding tert-OH is 1. The quantitative estimate of drug-likeness (QED) is 0.908. The minimum Gasteiger partial charge on any atom is -0.396 e. The first-order valence-electron chi connectivity index (χ1n) is 6.54. The highest BCUT2D eigenvalue weighted by molar-refractivity contribution is 9.10. The zero-order valence-corrected chi connectivity index (χ0v) is 13.2. The molecule has 0 aliphatic rings. The number of nitrogens with zero attached hydrogens (tertiary/aromatic N) is 2. The molecule has 1 unspecified atom stereocenters. The molecule has 0 bridgehead atoms. The smallest absolute Gasteiger partial charge is 0.123 e. The molecule has 2 rings (SSSR count). The molecule has 2 aromatic rings. The zero-order valence-electron chi connectivity index (χ0n) is 11.6. The Balaban J connectivity index is 2.13. The summed E-state index contributed by atoms with van der Waals surface area (Å²) in [6, 6.07) is 6.53. The molecule has 0 fully saturated rings. The second-order valence-electron chi connectivity index (χ2n) is 5.06. The number of rotatable bonds is 5. The molecular formula is C15H18BrFN2O. The number of halogens is 2. The van der Waals surface area contributed by atoms with E-state index < -0.39 is 0 Å². The lowest BCUT2D eigenvalue weighted by Crippen LogP contribution is -2.15. The van der Waals surface area contributed by atoms with Crippen LogP contribution in [0.1, 0.15) is 17.0 Å². The van der Waals surface area contributed by atoms with E-state index in [1.54, 1.807) is 6.07 Å². The van der Waals surface area contributed by atoms with E-state index in [1.165, 1.54) is 12.1 Å². The molecule has 108 valence electrons. The molecule has 1 N–H and O–H groups in total. The van der Waals surface area contributed by atoms with Crippen LogP contribution < -0.4 is 0 Å². The highest BCUT2D eigenvalue weighted by atomic mass is 79.9. The summed E-state index contributed by atoms with van der Waals surface area (Å²) in [5.41, 5.74) is 2.89. The van der Waals surface area contributed by atoms with Crippen LogP contribution in [-0.4, -0.2) is 21.5 Å². The van der Waals surface area contributed by atoms with Crippen molar-refractivity contribution < 1.29 is 9.50 Å². The molecule has 1 heterocycles. The Kier molecular flexibility index (Phi) is 4.94. The van der Waals surface area contributed by atoms with Gasteiger partial charge in [-0.2, -0.15) is 5.10 Å². The zero-order chi connectivity index (χ0) is 14.7. The standard InChI is InChI=1S/C15H18BrFN2O/c1-10-15(16)14(19(2)18-10)8-12(9-20)6-11-4-3-5-13(17)7-11/h3-5,7,12,20H,6,8-9H2,1-2H3. The summed E-state index contributed by atoms with van der Waals surface area (Å²) in [6.45, 7) is 2.00. The van der Waals surface area contributed by atoms with Gasteiger partial charge in [-0.25, -0.2) is 4.39 Å². The van der Waals surface area contributed by atoms with Gasteiger partial charge in [-0.15, -0.1) is 0 Å². The number of aromatic nitrogens is 2. The molecule has 3 nitrogen and oxygen atoms in total. The maximum Gasteiger partial charge on any atom is 0.123 e. The van der Waals surface area contributed by atoms with Crippen molar-refractivity contribution in [2.24, 2.45) is 13.0 Å². The summed E-state index contributed by atoms with van der Waals surface area (Å²) < 4.78 is 16.0. The minimum atomic E-state index is -0.239. The minimum absolute atomic E-state index is 0.0444. The highest BCUT2D eigenvalue weighted by Crippen LogP contribution is 2.24. The van der Waals surface area contributed by atoms with E-state index in [0.29, 0.717) is 12.8 Å². The Labute approximate surface area is 126 Å². The Hall–Kier alpha value is -1.20. The lowest BCUT2D eigenvalue weighted by atomic mass is 9.95. The third-order valence-electron chi connectivity index (χ3n) is 3.42. The fourth-order valence-corrected chi connectivity index (χ4v) is 2.87. The average Bonchev–Trinajstić information content (AvgIpc) is 2.64. The number of hydrogen-bond acceptors (Lipinski definition) is 2. The SMILES string of the molecule is Cc1nn(C)c(CC(CO)Cc2cccc(F)c2)c1Br. The van der Waals surface area contributed by atoms with Gasteiger partial charge in [0, 0.05) is 13.7 Å². The van der Waals surface area contributed by atoms with Gasteiger partial charge in [0.2, 0.25) is 0 Å². The molecule has 1 aromatic carbocycles. The highest BCUT2D eigenvalue weighted by Gasteiger charge is 2.17. The van der Waals surface area contributed by atoms with Crippen LogP contribution in [0.5, 0.6) is 0 Å². The van der Waals surface area contributed by atoms with Crippen molar-refractivity contribution >= 4 is 15.9 Å². The van der Waals surface area contributed by atoms with E-state index in [0.717, 1.165) is 21.4 Å². The molecule has 0 saturated heterocycles. The average molecular weight is 341 g/mol. The van der Waals surface area contributed by atoms with Gasteiger partial charge < -0.3 is 5.11 Å². The van der Waals surface area contributed by atoms with Crippen LogP contribution in [-0.2, 0) is 19.9 Å². The largest absolute Gasteiger partial charge is 0.396 e. The predicted molar refractivity (Wildman–Crippen MR) is 80.0 cm³/mol. The second-order valence-corrected chi connectivity index (χ2v) is 5.85. The normalized spacial score (nSPS) is 12.7. The fraction of sp³-hybridized carbons (Fsp3) is 0.400. The number of aryl methyl sites for hydroxylation is 2. The van der Waals surface area contributed by atoms with Gasteiger partial charge in [0.15, 0.2) is 0 Å². The molecular weight excluding hydrogens is 323 g/mol. The Morgan fingerprint density at radius 2 is 2.15 bits per heavy atom. The lowest BCUT2D eigenvalue weighted by molar-refractivity contribution is 0.223. The van der Waals surface area contributed by atoms with Gasteiger partial charge in [-0.3, -0.25) is 4.68 Å². The van der Waals surface area contributed by atoms with Crippen LogP contribution in [0.4, 0.5) is 4.39 Å². The van der Waals surface area contributed by atoms with Crippen LogP contribution in [0, 0.1) is 18.7 Å². The summed E-state index contributed by atoms with van der Waals surface area (Å²) in [5, 5.41) is 13.9. The molecule has 20 heavy (non-hydrogen) atoms. The lowest BCUT2D eigenvalue weighted by Gasteiger charge is -2.15. The molecule has 0 amide bonds. The second kappa shape index (κ2) is 6.50. The van der Waals surface area contributed by atoms with Gasteiger partial charge in [0.25, 0.3) is 0 Å². The first kappa shape index (κ1) is 15.2. The molecule has 1 aromatic heterocycles. The summed E-state index contributed by atoms with van der Waals surface area (Å²) in [4.78, 5) is 0. The fourth-order valence-electron chi connectivity index (χ4n) is 2.37. The van der Waals surface area contributed by atoms with Crippen LogP contribution in [0.15, 0.2) is 28.7 Å². The monoisotopic (exact) mass is 340 g/mol. The Morgan fingerprint density at radius 1 is 1.40 bits per heavy atom. The third-order valence-corrected chi connectivity index (χ3v) is 4.45. The van der Waals surface area contributed by atoms with Gasteiger partial charge in [-0.05, 0) is 59.3 Å². The van der Waals surface area contributed by atoms with Crippen molar-refractivity contribution in [2.45, 2.75) is 19.8 Å². The van der Waals surface area contributed by atoms with Gasteiger partial charge in [0.1, 0.15) is 5.82 Å². The van der Waals surface area contributed by atoms with Gasteiger partial charge in [-0.1, -0.05) is 12.1 Å². The molecule has 0 aliphatic heterocycles. The number of benzene rings is 1. The summed E-state index contributed by atoms with van der Waals surface area (Å²) >= 11 is 3.53. The molecule has 0 spiro atoms. The molecule has 1 atom stereocenters. The van der Waals surface area contributed by atoms with E-state index in [9.17, 15) is 9.50 Å². The van der Waals surface area contributed by atoms with Crippen molar-refractivity contribution in [3.63, 3.8) is 0 Å². The van der Waals surface area contributed by atoms with Gasteiger partial charge >= 0.3 is 0 Å². The molecule has 0 radical (unpaired) electrons. The van der Waals surface area contributed by atoms with E-state index in [1.807, 2.05) is 24.7 Å². The van der Waals surface area contributed by atoms with E-state index in [2.05, 4.69) is 21.0 Å². The van der Waals surface area contributed by atoms with Gasteiger partial charge in [0.05, 0.1) is 15.9 Å². The molecule has 0 saturated carbocycles. The first-order valence-corrected chi connectivity index (χ1v) is 7.33. The van der Waals surface area contributed by atoms with E-state index in [4.69, 9.17) is 0 Å². The first-order chi connectivity index (χ1) is 9.51. The van der Waals surface area contributed by atoms with Crippen LogP contribution in [0.2, 0.25) is 0 Å². The van der Waals surface area contributed by atoms with Crippen molar-refractivity contribution in [1.82, 2.24) is 9.78 Å². The molecule has 0 aliphatic carbocycles. The summed E-state index contributed by atoms with van der Waals surface area (Å²) in [5.74, 6) is -0.195. The predicted octanol–water partition coefficient (Wildman–Crippen LogP) is 3.02. The van der Waals surface area contributed by atoms with Crippen LogP contribution in [0.3, 0.4) is 0 Å². The van der Waals surface area contributed by atoms with Crippen molar-refractivity contribution in [1.29, 1.82) is 0 Å². The van der Waals surface area contributed by atoms with Crippen LogP contribution in [0.25, 0.3) is 0 Å². The maximum atomic E-state index is 13.2. The van der Waals surface area contributed by atoms with Crippen molar-refractivity contribution in [3.8, 4) is 0 Å². The number of aliphatic hydroxyl groups is 1. The van der Waals surface area contributed by atoms with Crippen molar-refractivity contribution in [3.05, 3.63) is 51.5 Å². The van der Waals surface area contributed by atoms with Crippen LogP contribution >= 0.6 is 15.9 Å². The third kappa shape index (κ3) is 3.46. The van der Waals surface area contributed by atoms with E-state index >= 15 is 0 Å².